The summed E-state index contributed by atoms with van der Waals surface area (Å²) in [4.78, 5) is 28.4. The van der Waals surface area contributed by atoms with E-state index in [1.165, 1.54) is 24.3 Å². The van der Waals surface area contributed by atoms with Gasteiger partial charge in [-0.1, -0.05) is 86.6 Å². The van der Waals surface area contributed by atoms with Gasteiger partial charge in [-0.05, 0) is 92.4 Å². The highest BCUT2D eigenvalue weighted by atomic mass is 79.9. The summed E-state index contributed by atoms with van der Waals surface area (Å²) in [6.07, 6.45) is -11.7. The van der Waals surface area contributed by atoms with Gasteiger partial charge in [0.05, 0.1) is 50.1 Å². The van der Waals surface area contributed by atoms with Crippen LogP contribution < -0.4 is 35.2 Å². The zero-order chi connectivity index (χ0) is 57.3. The van der Waals surface area contributed by atoms with Crippen LogP contribution in [0.1, 0.15) is 71.4 Å². The average Bonchev–Trinajstić information content (AvgIpc) is 3.35. The molecule has 4 aromatic carbocycles. The molecular weight excluding hydrogens is 922 g/mol. The van der Waals surface area contributed by atoms with Gasteiger partial charge < -0.3 is 35.2 Å². The third-order valence-corrected chi connectivity index (χ3v) is 11.5. The SMILES string of the molecule is Clc1cccc(N2CCNCC2)c1Cl.[2H]C([2H])(Br)C([2H])([2H])C([2H])([2H])C([2H])([2H])Oc1ccc2c(c1)NC(=O)CC2.[2H]C([2H])(Oc1ccc2c(c1)NC(=O)CC2)C([2H])([2H])C([2H])([2H])C([2H])([2H])N1CCN(c2cccc(Cl)c2Cl)CC1. The molecule has 2 fully saturated rings. The number of nitrogens with zero attached hydrogens (tertiary/aromatic N) is 3. The van der Waals surface area contributed by atoms with Gasteiger partial charge in [0, 0.05) is 110 Å². The highest BCUT2D eigenvalue weighted by Crippen LogP contribution is 2.34. The number of carbonyl (C=O) groups excluding carboxylic acids is 2. The summed E-state index contributed by atoms with van der Waals surface area (Å²) in [7, 11) is 0. The minimum atomic E-state index is -3.43. The lowest BCUT2D eigenvalue weighted by atomic mass is 10.0. The normalized spacial score (nSPS) is 21.9. The molecule has 10 nitrogen and oxygen atoms in total. The lowest BCUT2D eigenvalue weighted by Gasteiger charge is -2.36. The Labute approximate surface area is 411 Å². The maximum Gasteiger partial charge on any atom is 0.224 e. The molecule has 328 valence electrons. The van der Waals surface area contributed by atoms with Gasteiger partial charge in [-0.15, -0.1) is 0 Å². The van der Waals surface area contributed by atoms with Crippen molar-refractivity contribution in [3.63, 3.8) is 0 Å². The van der Waals surface area contributed by atoms with Crippen LogP contribution in [0.4, 0.5) is 22.7 Å². The number of carbonyl (C=O) groups is 2. The number of ether oxygens (including phenoxy) is 2. The first-order chi connectivity index (χ1) is 35.6. The number of benzene rings is 4. The molecular formula is C46H55BrCl4N6O4. The number of amides is 2. The fourth-order valence-corrected chi connectivity index (χ4v) is 7.55. The van der Waals surface area contributed by atoms with Crippen molar-refractivity contribution in [3.05, 3.63) is 104 Å². The van der Waals surface area contributed by atoms with Crippen LogP contribution in [0.15, 0.2) is 72.8 Å². The van der Waals surface area contributed by atoms with E-state index >= 15 is 0 Å². The van der Waals surface area contributed by atoms with E-state index in [0.717, 1.165) is 47.9 Å². The van der Waals surface area contributed by atoms with Gasteiger partial charge in [-0.3, -0.25) is 14.5 Å². The number of aryl methyl sites for hydroxylation is 2. The topological polar surface area (TPSA) is 98.4 Å². The van der Waals surface area contributed by atoms with Gasteiger partial charge in [-0.2, -0.15) is 0 Å². The van der Waals surface area contributed by atoms with Crippen LogP contribution in [0.2, 0.25) is 20.1 Å². The van der Waals surface area contributed by atoms with Crippen molar-refractivity contribution < 1.29 is 41.0 Å². The van der Waals surface area contributed by atoms with Crippen LogP contribution in [-0.4, -0.2) is 94.0 Å². The molecule has 0 radical (unpaired) electrons. The van der Waals surface area contributed by atoms with Crippen LogP contribution in [0.25, 0.3) is 0 Å². The third kappa shape index (κ3) is 14.3. The molecule has 0 unspecified atom stereocenters. The number of hydrogen-bond donors (Lipinski definition) is 3. The first kappa shape index (κ1) is 29.9. The van der Waals surface area contributed by atoms with Crippen molar-refractivity contribution in [3.8, 4) is 11.5 Å². The molecule has 0 aliphatic carbocycles. The summed E-state index contributed by atoms with van der Waals surface area (Å²) < 4.78 is 139. The summed E-state index contributed by atoms with van der Waals surface area (Å²) in [5, 5.41) is 7.73. The molecule has 4 aromatic rings. The van der Waals surface area contributed by atoms with Crippen LogP contribution in [0.3, 0.4) is 0 Å². The second-order valence-corrected chi connectivity index (χ2v) is 15.7. The van der Waals surface area contributed by atoms with E-state index in [2.05, 4.69) is 36.8 Å². The third-order valence-electron chi connectivity index (χ3n) is 9.72. The number of nitrogens with one attached hydrogen (secondary N) is 3. The smallest absolute Gasteiger partial charge is 0.224 e. The van der Waals surface area contributed by atoms with Crippen molar-refractivity contribution in [1.29, 1.82) is 0 Å². The molecule has 0 bridgehead atoms. The molecule has 4 heterocycles. The van der Waals surface area contributed by atoms with Gasteiger partial charge in [-0.25, -0.2) is 0 Å². The first-order valence-electron chi connectivity index (χ1n) is 27.3. The van der Waals surface area contributed by atoms with Crippen LogP contribution in [-0.2, 0) is 22.4 Å². The van der Waals surface area contributed by atoms with Gasteiger partial charge in [0.25, 0.3) is 0 Å². The monoisotopic (exact) mass is 990 g/mol. The fraction of sp³-hybridized carbons (Fsp3) is 0.435. The number of hydrogen-bond acceptors (Lipinski definition) is 8. The van der Waals surface area contributed by atoms with E-state index in [0.29, 0.717) is 62.8 Å². The molecule has 2 amide bonds. The first-order valence-corrected chi connectivity index (χ1v) is 21.6. The molecule has 8 rings (SSSR count). The number of fused-ring (bicyclic) bond motifs is 2. The lowest BCUT2D eigenvalue weighted by Crippen LogP contribution is -2.46. The van der Waals surface area contributed by atoms with E-state index in [-0.39, 0.29) is 49.5 Å². The van der Waals surface area contributed by atoms with E-state index < -0.39 is 50.4 Å². The van der Waals surface area contributed by atoms with E-state index in [9.17, 15) is 9.59 Å². The zero-order valence-corrected chi connectivity index (χ0v) is 37.4. The largest absolute Gasteiger partial charge is 0.494 e. The van der Waals surface area contributed by atoms with Gasteiger partial charge in [0.2, 0.25) is 11.8 Å². The van der Waals surface area contributed by atoms with Gasteiger partial charge in [0.1, 0.15) is 11.5 Å². The Kier molecular flexibility index (Phi) is 12.0. The van der Waals surface area contributed by atoms with Crippen LogP contribution >= 0.6 is 62.3 Å². The van der Waals surface area contributed by atoms with E-state index in [1.807, 2.05) is 23.1 Å². The minimum Gasteiger partial charge on any atom is -0.494 e. The molecule has 0 aromatic heterocycles. The molecule has 3 N–H and O–H groups in total. The molecule has 0 atom stereocenters. The second kappa shape index (κ2) is 24.4. The minimum absolute atomic E-state index is 0.0276. The molecule has 0 spiro atoms. The molecule has 4 aliphatic heterocycles. The maximum atomic E-state index is 11.7. The number of piperazine rings is 2. The molecule has 0 saturated carbocycles. The molecule has 2 saturated heterocycles. The number of alkyl halides is 1. The Morgan fingerprint density at radius 2 is 1.10 bits per heavy atom. The summed E-state index contributed by atoms with van der Waals surface area (Å²) in [6.45, 7) is -4.80. The maximum absolute atomic E-state index is 11.7. The quantitative estimate of drug-likeness (QED) is 0.114. The Hall–Kier alpha value is -3.42. The highest BCUT2D eigenvalue weighted by Gasteiger charge is 2.20. The predicted octanol–water partition coefficient (Wildman–Crippen LogP) is 10.4. The van der Waals surface area contributed by atoms with Crippen LogP contribution in [0.5, 0.6) is 11.5 Å². The van der Waals surface area contributed by atoms with E-state index in [4.69, 9.17) is 77.8 Å². The standard InChI is InChI=1S/C23H27Cl2N3O2.C13H16BrNO2.C10H12Cl2N2/c24-19-4-3-5-21(23(19)25)28-13-11-27(12-14-28)10-1-2-15-30-18-8-6-17-7-9-22(29)26-20(17)16-18;14-7-1-2-8-17-11-5-3-10-4-6-13(16)15-12(10)9-11;11-8-2-1-3-9(10(8)12)14-6-4-13-5-7-14/h3-6,8,16H,1-2,7,9-15H2,(H,26,29);3,5,9H,1-2,4,6-8H2,(H,15,16);1-3,13H,4-7H2/i1D2,2D2,10D2,15D2;1D2,2D2,7D2,8D2;. The Bertz CT molecular complexity index is 2790. The fourth-order valence-electron chi connectivity index (χ4n) is 6.62. The summed E-state index contributed by atoms with van der Waals surface area (Å²) in [6, 6.07) is 19.6. The lowest BCUT2D eigenvalue weighted by molar-refractivity contribution is -0.117. The average molecular weight is 994 g/mol. The van der Waals surface area contributed by atoms with Crippen LogP contribution in [0, 0.1) is 0 Å². The summed E-state index contributed by atoms with van der Waals surface area (Å²) in [5.74, 6) is -0.647. The second-order valence-electron chi connectivity index (χ2n) is 13.7. The van der Waals surface area contributed by atoms with Gasteiger partial charge >= 0.3 is 0 Å². The zero-order valence-electron chi connectivity index (χ0n) is 48.8. The summed E-state index contributed by atoms with van der Waals surface area (Å²) in [5.41, 5.74) is 4.16. The number of rotatable bonds is 13. The Balaban J connectivity index is 0.000000210. The van der Waals surface area contributed by atoms with E-state index in [1.54, 1.807) is 30.3 Å². The van der Waals surface area contributed by atoms with Crippen molar-refractivity contribution in [2.24, 2.45) is 0 Å². The number of halogens is 5. The molecule has 15 heteroatoms. The van der Waals surface area contributed by atoms with Crippen molar-refractivity contribution in [2.45, 2.75) is 51.2 Å². The van der Waals surface area contributed by atoms with Crippen molar-refractivity contribution in [2.75, 3.05) is 97.7 Å². The molecule has 4 aliphatic rings. The van der Waals surface area contributed by atoms with Gasteiger partial charge in [0.15, 0.2) is 0 Å². The highest BCUT2D eigenvalue weighted by molar-refractivity contribution is 9.09. The van der Waals surface area contributed by atoms with Crippen molar-refractivity contribution in [1.82, 2.24) is 10.2 Å². The number of anilines is 4. The predicted molar refractivity (Wildman–Crippen MR) is 257 cm³/mol. The Morgan fingerprint density at radius 3 is 1.61 bits per heavy atom. The Morgan fingerprint density at radius 1 is 0.607 bits per heavy atom. The molecule has 61 heavy (non-hydrogen) atoms. The van der Waals surface area contributed by atoms with Crippen molar-refractivity contribution >= 4 is 96.9 Å². The summed E-state index contributed by atoms with van der Waals surface area (Å²) >= 11 is 26.9.